The van der Waals surface area contributed by atoms with Crippen LogP contribution in [0.2, 0.25) is 0 Å². The molecule has 3 heterocycles. The van der Waals surface area contributed by atoms with Crippen LogP contribution in [0.5, 0.6) is 6.01 Å². The smallest absolute Gasteiger partial charge is 0.316 e. The number of nitrogens with one attached hydrogen (secondary N) is 2. The molecule has 0 atom stereocenters. The van der Waals surface area contributed by atoms with Gasteiger partial charge in [0.25, 0.3) is 0 Å². The molecule has 0 bridgehead atoms. The summed E-state index contributed by atoms with van der Waals surface area (Å²) < 4.78 is 30.3. The fourth-order valence-electron chi connectivity index (χ4n) is 3.36. The van der Waals surface area contributed by atoms with Crippen LogP contribution < -0.4 is 10.1 Å². The highest BCUT2D eigenvalue weighted by Gasteiger charge is 2.40. The van der Waals surface area contributed by atoms with Crippen LogP contribution in [0.15, 0.2) is 36.5 Å². The van der Waals surface area contributed by atoms with E-state index < -0.39 is 11.7 Å². The number of amides is 1. The third-order valence-corrected chi connectivity index (χ3v) is 5.19. The second-order valence-corrected chi connectivity index (χ2v) is 7.78. The van der Waals surface area contributed by atoms with Crippen LogP contribution in [-0.4, -0.2) is 64.4 Å². The Bertz CT molecular complexity index is 1110. The third-order valence-electron chi connectivity index (χ3n) is 5.19. The van der Waals surface area contributed by atoms with Crippen LogP contribution in [0.1, 0.15) is 19.0 Å². The van der Waals surface area contributed by atoms with Crippen molar-refractivity contribution in [2.45, 2.75) is 13.2 Å². The number of aromatic amines is 1. The Balaban J connectivity index is 1.63. The molecule has 33 heavy (non-hydrogen) atoms. The number of aliphatic hydroxyl groups excluding tert-OH is 1. The van der Waals surface area contributed by atoms with Crippen LogP contribution in [0, 0.1) is 11.2 Å². The zero-order chi connectivity index (χ0) is 23.4. The standard InChI is InChI=1S/C22H24FN5O5/c1-22(20(30)24-9-10-29)11-32-19(33-12-22)18-27-16(13-3-5-14(23)6-4-13)17(28-18)15-7-8-25-21(26-15)31-2/h3-8,19,29H,9-12H2,1-2H3,(H,24,30)(H,27,28). The predicted molar refractivity (Wildman–Crippen MR) is 114 cm³/mol. The summed E-state index contributed by atoms with van der Waals surface area (Å²) in [4.78, 5) is 28.6. The van der Waals surface area contributed by atoms with E-state index in [0.29, 0.717) is 28.5 Å². The lowest BCUT2D eigenvalue weighted by Crippen LogP contribution is -2.49. The highest BCUT2D eigenvalue weighted by Crippen LogP contribution is 2.35. The first kappa shape index (κ1) is 22.8. The number of carbonyl (C=O) groups excluding carboxylic acids is 1. The van der Waals surface area contributed by atoms with E-state index in [1.807, 2.05) is 0 Å². The van der Waals surface area contributed by atoms with Crippen molar-refractivity contribution >= 4 is 5.91 Å². The van der Waals surface area contributed by atoms with Crippen LogP contribution in [-0.2, 0) is 14.3 Å². The van der Waals surface area contributed by atoms with Crippen molar-refractivity contribution in [1.82, 2.24) is 25.3 Å². The summed E-state index contributed by atoms with van der Waals surface area (Å²) in [6.45, 7) is 1.92. The summed E-state index contributed by atoms with van der Waals surface area (Å²) in [6, 6.07) is 7.79. The van der Waals surface area contributed by atoms with Crippen LogP contribution >= 0.6 is 0 Å². The first-order chi connectivity index (χ1) is 15.9. The molecule has 1 amide bonds. The van der Waals surface area contributed by atoms with Gasteiger partial charge < -0.3 is 29.6 Å². The van der Waals surface area contributed by atoms with Gasteiger partial charge in [-0.1, -0.05) is 0 Å². The van der Waals surface area contributed by atoms with Gasteiger partial charge >= 0.3 is 6.01 Å². The zero-order valence-electron chi connectivity index (χ0n) is 18.2. The Labute approximate surface area is 189 Å². The minimum absolute atomic E-state index is 0.0954. The number of ether oxygens (including phenoxy) is 3. The number of benzene rings is 1. The molecule has 4 rings (SSSR count). The molecule has 0 saturated carbocycles. The predicted octanol–water partition coefficient (Wildman–Crippen LogP) is 1.84. The van der Waals surface area contributed by atoms with Crippen LogP contribution in [0.4, 0.5) is 4.39 Å². The number of rotatable bonds is 7. The van der Waals surface area contributed by atoms with E-state index in [1.165, 1.54) is 19.2 Å². The van der Waals surface area contributed by atoms with Crippen molar-refractivity contribution in [2.24, 2.45) is 5.41 Å². The van der Waals surface area contributed by atoms with Crippen molar-refractivity contribution in [3.05, 3.63) is 48.2 Å². The van der Waals surface area contributed by atoms with Gasteiger partial charge in [0.1, 0.15) is 5.82 Å². The minimum atomic E-state index is -0.902. The molecular formula is C22H24FN5O5. The normalized spacial score (nSPS) is 20.4. The SMILES string of the molecule is COc1nccc(-c2[nH]c(C3OCC(C)(C(=O)NCCO)CO3)nc2-c2ccc(F)cc2)n1. The number of imidazole rings is 1. The maximum Gasteiger partial charge on any atom is 0.316 e. The maximum absolute atomic E-state index is 13.5. The molecule has 1 aromatic carbocycles. The fraction of sp³-hybridized carbons (Fsp3) is 0.364. The second-order valence-electron chi connectivity index (χ2n) is 7.78. The molecule has 1 saturated heterocycles. The highest BCUT2D eigenvalue weighted by molar-refractivity contribution is 5.82. The molecular weight excluding hydrogens is 433 g/mol. The molecule has 1 aliphatic heterocycles. The lowest BCUT2D eigenvalue weighted by Gasteiger charge is -2.35. The first-order valence-corrected chi connectivity index (χ1v) is 10.3. The summed E-state index contributed by atoms with van der Waals surface area (Å²) in [5.74, 6) is -0.257. The van der Waals surface area contributed by atoms with Crippen LogP contribution in [0.25, 0.3) is 22.6 Å². The molecule has 10 nitrogen and oxygen atoms in total. The van der Waals surface area contributed by atoms with Gasteiger partial charge in [0.05, 0.1) is 49.4 Å². The topological polar surface area (TPSA) is 131 Å². The van der Waals surface area contributed by atoms with E-state index in [9.17, 15) is 9.18 Å². The molecule has 0 aliphatic carbocycles. The molecule has 11 heteroatoms. The Morgan fingerprint density at radius 2 is 2.00 bits per heavy atom. The van der Waals surface area contributed by atoms with E-state index in [2.05, 4.69) is 25.3 Å². The Hall–Kier alpha value is -3.41. The number of hydrogen-bond acceptors (Lipinski definition) is 8. The Morgan fingerprint density at radius 3 is 2.67 bits per heavy atom. The average molecular weight is 457 g/mol. The van der Waals surface area contributed by atoms with E-state index in [-0.39, 0.29) is 44.1 Å². The Kier molecular flexibility index (Phi) is 6.63. The van der Waals surface area contributed by atoms with E-state index >= 15 is 0 Å². The molecule has 0 radical (unpaired) electrons. The molecule has 174 valence electrons. The Morgan fingerprint density at radius 1 is 1.27 bits per heavy atom. The van der Waals surface area contributed by atoms with Gasteiger partial charge in [-0.2, -0.15) is 4.98 Å². The van der Waals surface area contributed by atoms with Gasteiger partial charge in [0.2, 0.25) is 12.2 Å². The molecule has 1 aliphatic rings. The summed E-state index contributed by atoms with van der Waals surface area (Å²) >= 11 is 0. The lowest BCUT2D eigenvalue weighted by atomic mass is 9.91. The molecule has 1 fully saturated rings. The van der Waals surface area contributed by atoms with Crippen molar-refractivity contribution in [3.8, 4) is 28.7 Å². The first-order valence-electron chi connectivity index (χ1n) is 10.3. The molecule has 3 N–H and O–H groups in total. The molecule has 0 unspecified atom stereocenters. The van der Waals surface area contributed by atoms with Gasteiger partial charge in [-0.15, -0.1) is 0 Å². The van der Waals surface area contributed by atoms with Gasteiger partial charge in [-0.05, 0) is 37.3 Å². The van der Waals surface area contributed by atoms with Crippen molar-refractivity contribution in [1.29, 1.82) is 0 Å². The monoisotopic (exact) mass is 457 g/mol. The molecule has 2 aromatic heterocycles. The quantitative estimate of drug-likeness (QED) is 0.490. The average Bonchev–Trinajstić information content (AvgIpc) is 3.29. The molecule has 0 spiro atoms. The number of methoxy groups -OCH3 is 1. The number of H-pyrrole nitrogens is 1. The minimum Gasteiger partial charge on any atom is -0.467 e. The number of halogens is 1. The fourth-order valence-corrected chi connectivity index (χ4v) is 3.36. The van der Waals surface area contributed by atoms with Crippen molar-refractivity contribution < 1.29 is 28.5 Å². The lowest BCUT2D eigenvalue weighted by molar-refractivity contribution is -0.231. The third kappa shape index (κ3) is 4.85. The summed E-state index contributed by atoms with van der Waals surface area (Å²) in [6.07, 6.45) is 0.709. The largest absolute Gasteiger partial charge is 0.467 e. The number of aromatic nitrogens is 4. The van der Waals surface area contributed by atoms with Crippen LogP contribution in [0.3, 0.4) is 0 Å². The summed E-state index contributed by atoms with van der Waals surface area (Å²) in [5, 5.41) is 11.6. The zero-order valence-corrected chi connectivity index (χ0v) is 18.2. The van der Waals surface area contributed by atoms with Crippen molar-refractivity contribution in [3.63, 3.8) is 0 Å². The van der Waals surface area contributed by atoms with Gasteiger partial charge in [0, 0.05) is 18.3 Å². The highest BCUT2D eigenvalue weighted by atomic mass is 19.1. The maximum atomic E-state index is 13.5. The second kappa shape index (κ2) is 9.61. The van der Waals surface area contributed by atoms with E-state index in [1.54, 1.807) is 31.3 Å². The summed E-state index contributed by atoms with van der Waals surface area (Å²) in [7, 11) is 1.47. The van der Waals surface area contributed by atoms with Gasteiger partial charge in [-0.3, -0.25) is 4.79 Å². The van der Waals surface area contributed by atoms with Gasteiger partial charge in [-0.25, -0.2) is 14.4 Å². The summed E-state index contributed by atoms with van der Waals surface area (Å²) in [5.41, 5.74) is 1.35. The van der Waals surface area contributed by atoms with Crippen molar-refractivity contribution in [2.75, 3.05) is 33.5 Å². The van der Waals surface area contributed by atoms with E-state index in [0.717, 1.165) is 0 Å². The number of hydrogen-bond donors (Lipinski definition) is 3. The van der Waals surface area contributed by atoms with E-state index in [4.69, 9.17) is 19.3 Å². The molecule has 3 aromatic rings. The van der Waals surface area contributed by atoms with Gasteiger partial charge in [0.15, 0.2) is 5.82 Å². The number of carbonyl (C=O) groups is 1. The number of aliphatic hydroxyl groups is 1. The number of nitrogens with zero attached hydrogens (tertiary/aromatic N) is 3.